The molecule has 3 aromatic rings. The summed E-state index contributed by atoms with van der Waals surface area (Å²) in [4.78, 5) is 41.6. The topological polar surface area (TPSA) is 57.7 Å². The highest BCUT2D eigenvalue weighted by molar-refractivity contribution is 6.26. The van der Waals surface area contributed by atoms with Gasteiger partial charge in [0.25, 0.3) is 11.8 Å². The van der Waals surface area contributed by atoms with Gasteiger partial charge in [-0.1, -0.05) is 36.4 Å². The molecule has 28 heavy (non-hydrogen) atoms. The summed E-state index contributed by atoms with van der Waals surface area (Å²) in [5.41, 5.74) is 2.71. The van der Waals surface area contributed by atoms with Gasteiger partial charge in [-0.3, -0.25) is 19.3 Å². The molecule has 5 heteroatoms. The van der Waals surface area contributed by atoms with E-state index < -0.39 is 11.8 Å². The summed E-state index contributed by atoms with van der Waals surface area (Å²) in [5.74, 6) is -1.15. The average Bonchev–Trinajstić information content (AvgIpc) is 2.70. The zero-order valence-electron chi connectivity index (χ0n) is 15.8. The molecule has 140 valence electrons. The molecule has 1 heterocycles. The molecule has 0 aromatic heterocycles. The third-order valence-corrected chi connectivity index (χ3v) is 5.08. The Balaban J connectivity index is 1.68. The molecule has 0 spiro atoms. The van der Waals surface area contributed by atoms with E-state index in [0.29, 0.717) is 23.1 Å². The lowest BCUT2D eigenvalue weighted by Gasteiger charge is -2.29. The quantitative estimate of drug-likeness (QED) is 0.655. The summed E-state index contributed by atoms with van der Waals surface area (Å²) in [7, 11) is 0. The van der Waals surface area contributed by atoms with Crippen molar-refractivity contribution in [3.8, 4) is 0 Å². The van der Waals surface area contributed by atoms with Crippen LogP contribution in [-0.4, -0.2) is 35.7 Å². The molecule has 1 aliphatic heterocycles. The smallest absolute Gasteiger partial charge is 0.261 e. The number of likely N-dealkylation sites (N-methyl/N-ethyl adjacent to an activating group) is 1. The molecule has 0 radical (unpaired) electrons. The molecule has 3 aromatic carbocycles. The van der Waals surface area contributed by atoms with Crippen LogP contribution in [0.2, 0.25) is 0 Å². The van der Waals surface area contributed by atoms with Crippen molar-refractivity contribution >= 4 is 34.2 Å². The zero-order valence-corrected chi connectivity index (χ0v) is 15.8. The summed E-state index contributed by atoms with van der Waals surface area (Å²) in [6, 6.07) is 18.3. The van der Waals surface area contributed by atoms with E-state index in [4.69, 9.17) is 0 Å². The Morgan fingerprint density at radius 1 is 0.929 bits per heavy atom. The van der Waals surface area contributed by atoms with Gasteiger partial charge in [0.15, 0.2) is 0 Å². The SMILES string of the molecule is CCN(C(=O)CN1C(=O)c2cccc3cccc(c23)C1=O)c1cccc(C)c1. The normalized spacial score (nSPS) is 13.1. The van der Waals surface area contributed by atoms with Gasteiger partial charge >= 0.3 is 0 Å². The standard InChI is InChI=1S/C23H20N2O3/c1-3-24(17-10-4-7-15(2)13-17)20(26)14-25-22(27)18-11-5-8-16-9-6-12-19(21(16)18)23(25)28/h4-13H,3,14H2,1-2H3. The third kappa shape index (κ3) is 2.85. The van der Waals surface area contributed by atoms with Crippen LogP contribution in [0.1, 0.15) is 33.2 Å². The summed E-state index contributed by atoms with van der Waals surface area (Å²) in [6.45, 7) is 3.99. The molecule has 0 unspecified atom stereocenters. The summed E-state index contributed by atoms with van der Waals surface area (Å²) >= 11 is 0. The maximum absolute atomic E-state index is 13.0. The highest BCUT2D eigenvalue weighted by Gasteiger charge is 2.34. The lowest BCUT2D eigenvalue weighted by molar-refractivity contribution is -0.118. The minimum absolute atomic E-state index is 0.288. The highest BCUT2D eigenvalue weighted by Crippen LogP contribution is 2.30. The van der Waals surface area contributed by atoms with Crippen molar-refractivity contribution in [1.82, 2.24) is 4.90 Å². The first kappa shape index (κ1) is 17.9. The number of aryl methyl sites for hydroxylation is 1. The van der Waals surface area contributed by atoms with Crippen molar-refractivity contribution < 1.29 is 14.4 Å². The number of carbonyl (C=O) groups excluding carboxylic acids is 3. The van der Waals surface area contributed by atoms with Crippen LogP contribution in [0.25, 0.3) is 10.8 Å². The molecule has 0 saturated carbocycles. The van der Waals surface area contributed by atoms with Crippen molar-refractivity contribution in [2.24, 2.45) is 0 Å². The number of hydrogen-bond donors (Lipinski definition) is 0. The van der Waals surface area contributed by atoms with Crippen LogP contribution >= 0.6 is 0 Å². The van der Waals surface area contributed by atoms with E-state index in [2.05, 4.69) is 0 Å². The second-order valence-electron chi connectivity index (χ2n) is 6.88. The second kappa shape index (κ2) is 6.93. The molecule has 4 rings (SSSR count). The van der Waals surface area contributed by atoms with Gasteiger partial charge in [0, 0.05) is 28.7 Å². The molecule has 5 nitrogen and oxygen atoms in total. The number of carbonyl (C=O) groups is 3. The van der Waals surface area contributed by atoms with Crippen LogP contribution < -0.4 is 4.90 Å². The van der Waals surface area contributed by atoms with Gasteiger partial charge in [-0.2, -0.15) is 0 Å². The number of imide groups is 1. The molecule has 0 saturated heterocycles. The van der Waals surface area contributed by atoms with Crippen molar-refractivity contribution in [3.63, 3.8) is 0 Å². The van der Waals surface area contributed by atoms with Crippen LogP contribution in [-0.2, 0) is 4.79 Å². The Labute approximate surface area is 163 Å². The molecule has 0 atom stereocenters. The summed E-state index contributed by atoms with van der Waals surface area (Å²) in [6.07, 6.45) is 0. The minimum Gasteiger partial charge on any atom is -0.311 e. The highest BCUT2D eigenvalue weighted by atomic mass is 16.2. The Kier molecular flexibility index (Phi) is 4.43. The summed E-state index contributed by atoms with van der Waals surface area (Å²) in [5, 5.41) is 1.51. The fourth-order valence-electron chi connectivity index (χ4n) is 3.74. The Morgan fingerprint density at radius 2 is 1.54 bits per heavy atom. The fourth-order valence-corrected chi connectivity index (χ4v) is 3.74. The molecule has 1 aliphatic rings. The largest absolute Gasteiger partial charge is 0.311 e. The van der Waals surface area contributed by atoms with Crippen LogP contribution in [0.4, 0.5) is 5.69 Å². The van der Waals surface area contributed by atoms with E-state index >= 15 is 0 Å². The van der Waals surface area contributed by atoms with E-state index in [9.17, 15) is 14.4 Å². The lowest BCUT2D eigenvalue weighted by atomic mass is 9.94. The number of rotatable bonds is 4. The number of benzene rings is 3. The number of amides is 3. The van der Waals surface area contributed by atoms with Crippen LogP contribution in [0.5, 0.6) is 0 Å². The monoisotopic (exact) mass is 372 g/mol. The van der Waals surface area contributed by atoms with Gasteiger partial charge in [-0.25, -0.2) is 0 Å². The van der Waals surface area contributed by atoms with Crippen molar-refractivity contribution in [2.45, 2.75) is 13.8 Å². The van der Waals surface area contributed by atoms with E-state index in [0.717, 1.165) is 21.5 Å². The molecule has 3 amide bonds. The maximum atomic E-state index is 13.0. The molecular weight excluding hydrogens is 352 g/mol. The molecule has 0 N–H and O–H groups in total. The molecule has 0 bridgehead atoms. The first-order valence-corrected chi connectivity index (χ1v) is 9.26. The molecule has 0 fully saturated rings. The average molecular weight is 372 g/mol. The maximum Gasteiger partial charge on any atom is 0.261 e. The van der Waals surface area contributed by atoms with E-state index in [1.807, 2.05) is 50.2 Å². The van der Waals surface area contributed by atoms with Crippen molar-refractivity contribution in [2.75, 3.05) is 18.0 Å². The summed E-state index contributed by atoms with van der Waals surface area (Å²) < 4.78 is 0. The Hall–Kier alpha value is -3.47. The van der Waals surface area contributed by atoms with Gasteiger partial charge in [-0.15, -0.1) is 0 Å². The van der Waals surface area contributed by atoms with Crippen LogP contribution in [0.15, 0.2) is 60.7 Å². The van der Waals surface area contributed by atoms with Gasteiger partial charge < -0.3 is 4.90 Å². The van der Waals surface area contributed by atoms with Crippen molar-refractivity contribution in [3.05, 3.63) is 77.4 Å². The minimum atomic E-state index is -0.428. The van der Waals surface area contributed by atoms with E-state index in [1.165, 1.54) is 0 Å². The second-order valence-corrected chi connectivity index (χ2v) is 6.88. The van der Waals surface area contributed by atoms with Gasteiger partial charge in [0.1, 0.15) is 6.54 Å². The number of nitrogens with zero attached hydrogens (tertiary/aromatic N) is 2. The Bertz CT molecular complexity index is 1070. The Morgan fingerprint density at radius 3 is 2.11 bits per heavy atom. The number of anilines is 1. The van der Waals surface area contributed by atoms with E-state index in [1.54, 1.807) is 29.2 Å². The van der Waals surface area contributed by atoms with Crippen molar-refractivity contribution in [1.29, 1.82) is 0 Å². The lowest BCUT2D eigenvalue weighted by Crippen LogP contribution is -2.47. The van der Waals surface area contributed by atoms with Crippen LogP contribution in [0, 0.1) is 6.92 Å². The first-order chi connectivity index (χ1) is 13.5. The molecular formula is C23H20N2O3. The predicted molar refractivity (Wildman–Crippen MR) is 109 cm³/mol. The fraction of sp³-hybridized carbons (Fsp3) is 0.174. The van der Waals surface area contributed by atoms with E-state index in [-0.39, 0.29) is 12.5 Å². The predicted octanol–water partition coefficient (Wildman–Crippen LogP) is 3.80. The third-order valence-electron chi connectivity index (χ3n) is 5.08. The van der Waals surface area contributed by atoms with Crippen LogP contribution in [0.3, 0.4) is 0 Å². The zero-order chi connectivity index (χ0) is 19.8. The van der Waals surface area contributed by atoms with Gasteiger partial charge in [0.05, 0.1) is 0 Å². The first-order valence-electron chi connectivity index (χ1n) is 9.26. The van der Waals surface area contributed by atoms with Gasteiger partial charge in [0.2, 0.25) is 5.91 Å². The number of hydrogen-bond acceptors (Lipinski definition) is 3. The van der Waals surface area contributed by atoms with Gasteiger partial charge in [-0.05, 0) is 49.1 Å². The molecule has 0 aliphatic carbocycles.